The maximum atomic E-state index is 11.1. The molecule has 0 unspecified atom stereocenters. The molecular weight excluding hydrogens is 170 g/mol. The van der Waals surface area contributed by atoms with Crippen molar-refractivity contribution in [3.05, 3.63) is 5.82 Å². The van der Waals surface area contributed by atoms with Crippen LogP contribution in [0.2, 0.25) is 0 Å². The lowest BCUT2D eigenvalue weighted by Gasteiger charge is -2.01. The summed E-state index contributed by atoms with van der Waals surface area (Å²) in [5.74, 6) is 0.690. The van der Waals surface area contributed by atoms with Gasteiger partial charge >= 0.3 is 0 Å². The maximum absolute atomic E-state index is 11.1. The molecule has 72 valence electrons. The van der Waals surface area contributed by atoms with Crippen LogP contribution >= 0.6 is 0 Å². The first-order valence-corrected chi connectivity index (χ1v) is 4.22. The van der Waals surface area contributed by atoms with Crippen molar-refractivity contribution in [3.8, 4) is 0 Å². The number of tetrazole rings is 1. The summed E-state index contributed by atoms with van der Waals surface area (Å²) in [5.41, 5.74) is 0. The number of carbonyl (C=O) groups excluding carboxylic acids is 1. The van der Waals surface area contributed by atoms with Crippen molar-refractivity contribution in [1.29, 1.82) is 0 Å². The minimum atomic E-state index is 0.0329. The van der Waals surface area contributed by atoms with Crippen LogP contribution in [0.1, 0.15) is 25.6 Å². The third-order valence-electron chi connectivity index (χ3n) is 1.63. The average Bonchev–Trinajstić information content (AvgIpc) is 2.48. The van der Waals surface area contributed by atoms with Gasteiger partial charge in [-0.05, 0) is 16.8 Å². The van der Waals surface area contributed by atoms with Crippen LogP contribution in [-0.2, 0) is 18.4 Å². The molecule has 0 aromatic carbocycles. The molecule has 0 spiro atoms. The van der Waals surface area contributed by atoms with Gasteiger partial charge in [0.2, 0.25) is 5.91 Å². The van der Waals surface area contributed by atoms with Crippen molar-refractivity contribution in [2.24, 2.45) is 7.05 Å². The summed E-state index contributed by atoms with van der Waals surface area (Å²) in [6.07, 6.45) is 1.40. The van der Waals surface area contributed by atoms with Crippen LogP contribution in [0, 0.1) is 0 Å². The number of hydrogen-bond donors (Lipinski definition) is 1. The van der Waals surface area contributed by atoms with Gasteiger partial charge in [-0.15, -0.1) is 5.10 Å². The Morgan fingerprint density at radius 1 is 1.62 bits per heavy atom. The number of rotatable bonds is 4. The van der Waals surface area contributed by atoms with Crippen molar-refractivity contribution in [1.82, 2.24) is 25.5 Å². The standard InChI is InChI=1S/C7H13N5O/c1-3-4-7(13)8-5-6-9-10-11-12(6)2/h3-5H2,1-2H3,(H,8,13). The monoisotopic (exact) mass is 183 g/mol. The molecule has 0 aliphatic heterocycles. The van der Waals surface area contributed by atoms with E-state index in [1.54, 1.807) is 7.05 Å². The molecule has 0 bridgehead atoms. The molecule has 1 rings (SSSR count). The quantitative estimate of drug-likeness (QED) is 0.691. The van der Waals surface area contributed by atoms with Crippen LogP contribution in [0.3, 0.4) is 0 Å². The van der Waals surface area contributed by atoms with Gasteiger partial charge in [-0.2, -0.15) is 0 Å². The summed E-state index contributed by atoms with van der Waals surface area (Å²) in [5, 5.41) is 13.6. The van der Waals surface area contributed by atoms with E-state index in [2.05, 4.69) is 20.8 Å². The van der Waals surface area contributed by atoms with E-state index in [0.717, 1.165) is 6.42 Å². The molecule has 0 aliphatic carbocycles. The van der Waals surface area contributed by atoms with E-state index in [4.69, 9.17) is 0 Å². The number of hydrogen-bond acceptors (Lipinski definition) is 4. The van der Waals surface area contributed by atoms with E-state index < -0.39 is 0 Å². The van der Waals surface area contributed by atoms with Gasteiger partial charge in [0, 0.05) is 13.5 Å². The molecule has 0 radical (unpaired) electrons. The number of nitrogens with one attached hydrogen (secondary N) is 1. The van der Waals surface area contributed by atoms with Crippen LogP contribution in [0.4, 0.5) is 0 Å². The van der Waals surface area contributed by atoms with Crippen LogP contribution < -0.4 is 5.32 Å². The highest BCUT2D eigenvalue weighted by molar-refractivity contribution is 5.75. The first kappa shape index (κ1) is 9.63. The summed E-state index contributed by atoms with van der Waals surface area (Å²) in [4.78, 5) is 11.1. The molecule has 0 fully saturated rings. The van der Waals surface area contributed by atoms with Gasteiger partial charge in [0.25, 0.3) is 0 Å². The smallest absolute Gasteiger partial charge is 0.220 e. The van der Waals surface area contributed by atoms with Gasteiger partial charge in [-0.1, -0.05) is 6.92 Å². The molecule has 0 atom stereocenters. The Hall–Kier alpha value is -1.46. The first-order valence-electron chi connectivity index (χ1n) is 4.22. The lowest BCUT2D eigenvalue weighted by Crippen LogP contribution is -2.23. The lowest BCUT2D eigenvalue weighted by molar-refractivity contribution is -0.121. The number of carbonyl (C=O) groups is 1. The Morgan fingerprint density at radius 2 is 2.38 bits per heavy atom. The summed E-state index contributed by atoms with van der Waals surface area (Å²) < 4.78 is 1.53. The van der Waals surface area contributed by atoms with E-state index in [1.807, 2.05) is 6.92 Å². The second kappa shape index (κ2) is 4.54. The Kier molecular flexibility index (Phi) is 3.36. The van der Waals surface area contributed by atoms with E-state index in [-0.39, 0.29) is 5.91 Å². The minimum Gasteiger partial charge on any atom is -0.349 e. The number of amides is 1. The second-order valence-corrected chi connectivity index (χ2v) is 2.75. The molecule has 1 aromatic heterocycles. The molecule has 1 N–H and O–H groups in total. The normalized spacial score (nSPS) is 10.0. The number of nitrogens with zero attached hydrogens (tertiary/aromatic N) is 4. The first-order chi connectivity index (χ1) is 6.24. The predicted octanol–water partition coefficient (Wildman–Crippen LogP) is -0.374. The Morgan fingerprint density at radius 3 is 2.92 bits per heavy atom. The largest absolute Gasteiger partial charge is 0.349 e. The van der Waals surface area contributed by atoms with Crippen LogP contribution in [-0.4, -0.2) is 26.1 Å². The Bertz CT molecular complexity index is 282. The SMILES string of the molecule is CCCC(=O)NCc1nnnn1C. The van der Waals surface area contributed by atoms with Crippen molar-refractivity contribution in [2.75, 3.05) is 0 Å². The molecule has 6 heteroatoms. The van der Waals surface area contributed by atoms with E-state index >= 15 is 0 Å². The maximum Gasteiger partial charge on any atom is 0.220 e. The molecule has 0 saturated heterocycles. The predicted molar refractivity (Wildman–Crippen MR) is 45.6 cm³/mol. The van der Waals surface area contributed by atoms with Gasteiger partial charge in [0.05, 0.1) is 6.54 Å². The highest BCUT2D eigenvalue weighted by Crippen LogP contribution is 1.90. The highest BCUT2D eigenvalue weighted by Gasteiger charge is 2.03. The van der Waals surface area contributed by atoms with Crippen molar-refractivity contribution in [3.63, 3.8) is 0 Å². The van der Waals surface area contributed by atoms with Gasteiger partial charge in [-0.3, -0.25) is 4.79 Å². The topological polar surface area (TPSA) is 72.7 Å². The highest BCUT2D eigenvalue weighted by atomic mass is 16.1. The summed E-state index contributed by atoms with van der Waals surface area (Å²) in [6.45, 7) is 2.35. The van der Waals surface area contributed by atoms with Crippen molar-refractivity contribution in [2.45, 2.75) is 26.3 Å². The fourth-order valence-corrected chi connectivity index (χ4v) is 0.891. The summed E-state index contributed by atoms with van der Waals surface area (Å²) in [6, 6.07) is 0. The number of aryl methyl sites for hydroxylation is 1. The second-order valence-electron chi connectivity index (χ2n) is 2.75. The molecule has 1 amide bonds. The fourth-order valence-electron chi connectivity index (χ4n) is 0.891. The molecule has 1 aromatic rings. The van der Waals surface area contributed by atoms with E-state index in [1.165, 1.54) is 4.68 Å². The fraction of sp³-hybridized carbons (Fsp3) is 0.714. The van der Waals surface area contributed by atoms with Gasteiger partial charge in [-0.25, -0.2) is 4.68 Å². The Labute approximate surface area is 76.3 Å². The van der Waals surface area contributed by atoms with Gasteiger partial charge < -0.3 is 5.32 Å². The van der Waals surface area contributed by atoms with Crippen molar-refractivity contribution >= 4 is 5.91 Å². The van der Waals surface area contributed by atoms with E-state index in [9.17, 15) is 4.79 Å². The molecule has 0 saturated carbocycles. The summed E-state index contributed by atoms with van der Waals surface area (Å²) >= 11 is 0. The van der Waals surface area contributed by atoms with Gasteiger partial charge in [0.15, 0.2) is 5.82 Å². The number of aromatic nitrogens is 4. The molecule has 6 nitrogen and oxygen atoms in total. The van der Waals surface area contributed by atoms with Crippen LogP contribution in [0.5, 0.6) is 0 Å². The summed E-state index contributed by atoms with van der Waals surface area (Å²) in [7, 11) is 1.74. The molecule has 1 heterocycles. The minimum absolute atomic E-state index is 0.0329. The van der Waals surface area contributed by atoms with Crippen LogP contribution in [0.15, 0.2) is 0 Å². The third kappa shape index (κ3) is 2.81. The zero-order valence-corrected chi connectivity index (χ0v) is 7.82. The third-order valence-corrected chi connectivity index (χ3v) is 1.63. The zero-order valence-electron chi connectivity index (χ0n) is 7.82. The van der Waals surface area contributed by atoms with Gasteiger partial charge in [0.1, 0.15) is 0 Å². The lowest BCUT2D eigenvalue weighted by atomic mass is 10.3. The van der Waals surface area contributed by atoms with E-state index in [0.29, 0.717) is 18.8 Å². The molecular formula is C7H13N5O. The van der Waals surface area contributed by atoms with Crippen LogP contribution in [0.25, 0.3) is 0 Å². The molecule has 0 aliphatic rings. The zero-order chi connectivity index (χ0) is 9.68. The molecule has 13 heavy (non-hydrogen) atoms. The van der Waals surface area contributed by atoms with Crippen molar-refractivity contribution < 1.29 is 4.79 Å². The Balaban J connectivity index is 2.35. The average molecular weight is 183 g/mol.